The van der Waals surface area contributed by atoms with E-state index in [-0.39, 0.29) is 42.2 Å². The molecule has 1 fully saturated rings. The van der Waals surface area contributed by atoms with E-state index in [0.717, 1.165) is 5.56 Å². The molecule has 2 aromatic carbocycles. The van der Waals surface area contributed by atoms with Gasteiger partial charge in [-0.1, -0.05) is 18.2 Å². The van der Waals surface area contributed by atoms with Crippen LogP contribution in [0.2, 0.25) is 0 Å². The number of carbonyl (C=O) groups is 2. The smallest absolute Gasteiger partial charge is 0.453 e. The first-order valence-electron chi connectivity index (χ1n) is 10.7. The van der Waals surface area contributed by atoms with Crippen molar-refractivity contribution in [3.05, 3.63) is 41.5 Å². The second kappa shape index (κ2) is 8.66. The minimum absolute atomic E-state index is 0.0404. The molecule has 0 amide bonds. The lowest BCUT2D eigenvalue weighted by molar-refractivity contribution is -0.420. The molecule has 2 aliphatic rings. The molecule has 2 aromatic rings. The van der Waals surface area contributed by atoms with E-state index in [4.69, 9.17) is 18.9 Å². The van der Waals surface area contributed by atoms with Gasteiger partial charge in [0.05, 0.1) is 13.7 Å². The van der Waals surface area contributed by atoms with Crippen molar-refractivity contribution in [1.29, 1.82) is 0 Å². The number of hydrogen-bond donors (Lipinski definition) is 3. The average molecular weight is 458 g/mol. The fraction of sp³-hybridized carbons (Fsp3) is 0.417. The first kappa shape index (κ1) is 23.0. The molecule has 0 saturated heterocycles. The summed E-state index contributed by atoms with van der Waals surface area (Å²) in [6.45, 7) is 1.92. The predicted octanol–water partition coefficient (Wildman–Crippen LogP) is 2.18. The molecule has 0 radical (unpaired) electrons. The number of rotatable bonds is 9. The Morgan fingerprint density at radius 1 is 1.03 bits per heavy atom. The number of fused-ring (bicyclic) bond motifs is 1. The number of esters is 1. The average Bonchev–Trinajstić information content (AvgIpc) is 3.47. The second-order valence-corrected chi connectivity index (χ2v) is 8.19. The van der Waals surface area contributed by atoms with Gasteiger partial charge in [0.1, 0.15) is 12.0 Å². The van der Waals surface area contributed by atoms with Crippen LogP contribution in [-0.4, -0.2) is 53.6 Å². The number of Topliss-reactive ketones (excluding diaryl/α,β-unsaturated/α-hetero) is 1. The highest BCUT2D eigenvalue weighted by Crippen LogP contribution is 2.51. The standard InChI is InChI=1S/C24H26O9/c1-3-31-22(26)23(11-12-23)13-32-20-17(8-10-19(30-2)21(20)33-24(27,28)29)14-5-4-6-16-15(14)7-9-18(16)25/h4-6,8,10,27-29H,3,7,9,11-13H2,1-2H3. The second-order valence-electron chi connectivity index (χ2n) is 8.19. The molecule has 0 atom stereocenters. The monoisotopic (exact) mass is 458 g/mol. The topological polar surface area (TPSA) is 132 Å². The van der Waals surface area contributed by atoms with E-state index in [9.17, 15) is 24.9 Å². The molecular formula is C24H26O9. The van der Waals surface area contributed by atoms with Gasteiger partial charge in [-0.2, -0.15) is 0 Å². The maximum atomic E-state index is 12.4. The Morgan fingerprint density at radius 3 is 2.39 bits per heavy atom. The summed E-state index contributed by atoms with van der Waals surface area (Å²) in [5, 5.41) is 28.6. The summed E-state index contributed by atoms with van der Waals surface area (Å²) in [7, 11) is 1.35. The fourth-order valence-electron chi connectivity index (χ4n) is 4.09. The van der Waals surface area contributed by atoms with Crippen molar-refractivity contribution in [2.45, 2.75) is 38.8 Å². The van der Waals surface area contributed by atoms with Crippen LogP contribution in [0.4, 0.5) is 0 Å². The van der Waals surface area contributed by atoms with Crippen LogP contribution in [0.25, 0.3) is 11.1 Å². The van der Waals surface area contributed by atoms with Crippen molar-refractivity contribution >= 4 is 11.8 Å². The van der Waals surface area contributed by atoms with Crippen LogP contribution in [-0.2, 0) is 16.0 Å². The number of ether oxygens (including phenoxy) is 4. The number of methoxy groups -OCH3 is 1. The van der Waals surface area contributed by atoms with E-state index < -0.39 is 11.6 Å². The molecule has 2 aliphatic carbocycles. The van der Waals surface area contributed by atoms with Gasteiger partial charge in [0.15, 0.2) is 17.3 Å². The van der Waals surface area contributed by atoms with Gasteiger partial charge in [-0.25, -0.2) is 0 Å². The van der Waals surface area contributed by atoms with Crippen molar-refractivity contribution in [1.82, 2.24) is 0 Å². The van der Waals surface area contributed by atoms with Crippen LogP contribution >= 0.6 is 0 Å². The predicted molar refractivity (Wildman–Crippen MR) is 115 cm³/mol. The largest absolute Gasteiger partial charge is 0.493 e. The summed E-state index contributed by atoms with van der Waals surface area (Å²) in [4.78, 5) is 24.7. The van der Waals surface area contributed by atoms with Gasteiger partial charge in [0, 0.05) is 17.5 Å². The van der Waals surface area contributed by atoms with Gasteiger partial charge in [-0.3, -0.25) is 9.59 Å². The van der Waals surface area contributed by atoms with Crippen molar-refractivity contribution < 1.29 is 43.9 Å². The Kier molecular flexibility index (Phi) is 6.04. The lowest BCUT2D eigenvalue weighted by atomic mass is 9.95. The van der Waals surface area contributed by atoms with Crippen molar-refractivity contribution in [2.75, 3.05) is 20.3 Å². The Balaban J connectivity index is 1.81. The van der Waals surface area contributed by atoms with Gasteiger partial charge in [-0.15, -0.1) is 0 Å². The molecule has 1 saturated carbocycles. The summed E-state index contributed by atoms with van der Waals surface area (Å²) < 4.78 is 21.5. The highest BCUT2D eigenvalue weighted by Gasteiger charge is 2.52. The molecule has 0 spiro atoms. The minimum Gasteiger partial charge on any atom is -0.493 e. The highest BCUT2D eigenvalue weighted by molar-refractivity contribution is 6.02. The summed E-state index contributed by atoms with van der Waals surface area (Å²) in [6, 6.07) is 8.55. The molecule has 3 N–H and O–H groups in total. The van der Waals surface area contributed by atoms with Crippen LogP contribution in [0, 0.1) is 5.41 Å². The lowest BCUT2D eigenvalue weighted by Gasteiger charge is -2.24. The Bertz CT molecular complexity index is 1080. The van der Waals surface area contributed by atoms with Crippen molar-refractivity contribution in [2.24, 2.45) is 5.41 Å². The summed E-state index contributed by atoms with van der Waals surface area (Å²) in [5.74, 6) is -0.481. The van der Waals surface area contributed by atoms with E-state index in [1.54, 1.807) is 25.1 Å². The number of carbonyl (C=O) groups excluding carboxylic acids is 2. The van der Waals surface area contributed by atoms with E-state index in [2.05, 4.69) is 0 Å². The van der Waals surface area contributed by atoms with Crippen LogP contribution in [0.1, 0.15) is 42.1 Å². The molecule has 0 aliphatic heterocycles. The molecule has 9 heteroatoms. The molecule has 176 valence electrons. The Hall–Kier alpha value is -3.14. The van der Waals surface area contributed by atoms with E-state index in [1.165, 1.54) is 13.2 Å². The quantitative estimate of drug-likeness (QED) is 0.382. The molecule has 0 aromatic heterocycles. The zero-order chi connectivity index (χ0) is 23.8. The molecule has 0 unspecified atom stereocenters. The van der Waals surface area contributed by atoms with Crippen LogP contribution in [0.3, 0.4) is 0 Å². The number of hydrogen-bond acceptors (Lipinski definition) is 9. The first-order valence-corrected chi connectivity index (χ1v) is 10.7. The number of aliphatic hydroxyl groups is 3. The van der Waals surface area contributed by atoms with Crippen molar-refractivity contribution in [3.63, 3.8) is 0 Å². The highest BCUT2D eigenvalue weighted by atomic mass is 16.9. The molecule has 0 bridgehead atoms. The SMILES string of the molecule is CCOC(=O)C1(COc2c(-c3cccc4c3CCC4=O)ccc(OC)c2OC(O)(O)O)CC1. The van der Waals surface area contributed by atoms with E-state index in [1.807, 2.05) is 6.07 Å². The normalized spacial score (nSPS) is 16.2. The van der Waals surface area contributed by atoms with Crippen LogP contribution in [0.5, 0.6) is 17.2 Å². The third-order valence-corrected chi connectivity index (χ3v) is 5.96. The molecule has 0 heterocycles. The number of benzene rings is 2. The zero-order valence-electron chi connectivity index (χ0n) is 18.4. The van der Waals surface area contributed by atoms with Gasteiger partial charge in [-0.05, 0) is 49.4 Å². The maximum Gasteiger partial charge on any atom is 0.453 e. The Morgan fingerprint density at radius 2 is 1.76 bits per heavy atom. The summed E-state index contributed by atoms with van der Waals surface area (Å²) in [6.07, 6.45) is -1.40. The first-order chi connectivity index (χ1) is 15.7. The number of ketones is 1. The van der Waals surface area contributed by atoms with E-state index >= 15 is 0 Å². The molecule has 33 heavy (non-hydrogen) atoms. The third-order valence-electron chi connectivity index (χ3n) is 5.96. The van der Waals surface area contributed by atoms with Crippen LogP contribution in [0.15, 0.2) is 30.3 Å². The molecule has 9 nitrogen and oxygen atoms in total. The maximum absolute atomic E-state index is 12.4. The Labute approximate surface area is 190 Å². The summed E-state index contributed by atoms with van der Waals surface area (Å²) in [5.41, 5.74) is 1.82. The third kappa shape index (κ3) is 4.52. The fourth-order valence-corrected chi connectivity index (χ4v) is 4.09. The minimum atomic E-state index is -3.50. The summed E-state index contributed by atoms with van der Waals surface area (Å²) >= 11 is 0. The van der Waals surface area contributed by atoms with Gasteiger partial charge in [0.2, 0.25) is 5.75 Å². The van der Waals surface area contributed by atoms with Gasteiger partial charge in [0.25, 0.3) is 0 Å². The van der Waals surface area contributed by atoms with Crippen LogP contribution < -0.4 is 14.2 Å². The van der Waals surface area contributed by atoms with Gasteiger partial charge >= 0.3 is 12.1 Å². The molecular weight excluding hydrogens is 432 g/mol. The van der Waals surface area contributed by atoms with Crippen molar-refractivity contribution in [3.8, 4) is 28.4 Å². The lowest BCUT2D eigenvalue weighted by Crippen LogP contribution is -2.35. The van der Waals surface area contributed by atoms with E-state index in [0.29, 0.717) is 42.4 Å². The van der Waals surface area contributed by atoms with Gasteiger partial charge < -0.3 is 34.3 Å². The zero-order valence-corrected chi connectivity index (χ0v) is 18.4. The molecule has 4 rings (SSSR count).